The summed E-state index contributed by atoms with van der Waals surface area (Å²) in [6.45, 7) is 0. The van der Waals surface area contributed by atoms with E-state index in [0.29, 0.717) is 5.56 Å². The van der Waals surface area contributed by atoms with Crippen molar-refractivity contribution in [1.82, 2.24) is 0 Å². The van der Waals surface area contributed by atoms with E-state index in [-0.39, 0.29) is 5.91 Å². The average Bonchev–Trinajstić information content (AvgIpc) is 2.48. The minimum Gasteiger partial charge on any atom is -0.321 e. The number of rotatable bonds is 2. The number of benzene rings is 3. The van der Waals surface area contributed by atoms with E-state index >= 15 is 0 Å². The molecule has 0 heterocycles. The monoisotopic (exact) mass is 247 g/mol. The molecule has 1 N–H and O–H groups in total. The number of hydrogen-bond acceptors (Lipinski definition) is 1. The van der Waals surface area contributed by atoms with Gasteiger partial charge in [0.25, 0.3) is 5.91 Å². The number of amides is 1. The molecule has 0 spiro atoms. The van der Waals surface area contributed by atoms with Crippen molar-refractivity contribution >= 4 is 22.4 Å². The van der Waals surface area contributed by atoms with Gasteiger partial charge in [0, 0.05) is 16.6 Å². The first-order valence-corrected chi connectivity index (χ1v) is 6.19. The Balaban J connectivity index is 1.96. The number of carbonyl (C=O) groups excluding carboxylic acids is 1. The van der Waals surface area contributed by atoms with Crippen LogP contribution in [0.15, 0.2) is 72.8 Å². The highest BCUT2D eigenvalue weighted by molar-refractivity contribution is 6.09. The van der Waals surface area contributed by atoms with Crippen LogP contribution < -0.4 is 5.32 Å². The number of nitrogens with one attached hydrogen (secondary N) is 1. The molecule has 2 nitrogen and oxygen atoms in total. The van der Waals surface area contributed by atoms with Gasteiger partial charge < -0.3 is 5.32 Å². The molecule has 92 valence electrons. The lowest BCUT2D eigenvalue weighted by atomic mass is 10.1. The van der Waals surface area contributed by atoms with E-state index in [2.05, 4.69) is 5.32 Å². The average molecular weight is 247 g/mol. The lowest BCUT2D eigenvalue weighted by Crippen LogP contribution is -2.11. The van der Waals surface area contributed by atoms with E-state index in [9.17, 15) is 4.79 Å². The van der Waals surface area contributed by atoms with Gasteiger partial charge in [0.2, 0.25) is 0 Å². The summed E-state index contributed by atoms with van der Waals surface area (Å²) in [6.07, 6.45) is 0. The van der Waals surface area contributed by atoms with Crippen molar-refractivity contribution in [2.75, 3.05) is 5.32 Å². The maximum atomic E-state index is 12.1. The van der Waals surface area contributed by atoms with Crippen molar-refractivity contribution in [2.24, 2.45) is 0 Å². The maximum absolute atomic E-state index is 12.1. The summed E-state index contributed by atoms with van der Waals surface area (Å²) in [5.41, 5.74) is 1.50. The molecule has 3 aromatic rings. The lowest BCUT2D eigenvalue weighted by Gasteiger charge is -2.08. The highest BCUT2D eigenvalue weighted by atomic mass is 16.1. The van der Waals surface area contributed by atoms with Crippen molar-refractivity contribution in [3.63, 3.8) is 0 Å². The standard InChI is InChI=1S/C17H13NO/c19-17(14-8-2-1-3-9-14)18-16-12-6-10-13-7-4-5-11-15(13)16/h1-12H,(H,18,19). The molecule has 3 rings (SSSR count). The maximum Gasteiger partial charge on any atom is 0.255 e. The summed E-state index contributed by atoms with van der Waals surface area (Å²) in [4.78, 5) is 12.1. The summed E-state index contributed by atoms with van der Waals surface area (Å²) in [7, 11) is 0. The molecule has 0 aliphatic rings. The normalized spacial score (nSPS) is 10.3. The molecule has 0 saturated heterocycles. The Kier molecular flexibility index (Phi) is 2.99. The molecule has 19 heavy (non-hydrogen) atoms. The molecular formula is C17H13NO. The Morgan fingerprint density at radius 2 is 1.42 bits per heavy atom. The van der Waals surface area contributed by atoms with Gasteiger partial charge in [-0.3, -0.25) is 4.79 Å². The Bertz CT molecular complexity index is 714. The smallest absolute Gasteiger partial charge is 0.255 e. The Morgan fingerprint density at radius 3 is 2.26 bits per heavy atom. The van der Waals surface area contributed by atoms with Gasteiger partial charge in [0.15, 0.2) is 0 Å². The first kappa shape index (κ1) is 11.5. The topological polar surface area (TPSA) is 29.1 Å². The van der Waals surface area contributed by atoms with Crippen molar-refractivity contribution in [2.45, 2.75) is 0 Å². The van der Waals surface area contributed by atoms with Crippen LogP contribution in [0.25, 0.3) is 10.8 Å². The van der Waals surface area contributed by atoms with E-state index in [4.69, 9.17) is 0 Å². The van der Waals surface area contributed by atoms with Gasteiger partial charge in [-0.15, -0.1) is 0 Å². The third-order valence-corrected chi connectivity index (χ3v) is 3.07. The Morgan fingerprint density at radius 1 is 0.737 bits per heavy atom. The second-order valence-corrected chi connectivity index (χ2v) is 4.35. The van der Waals surface area contributed by atoms with Crippen LogP contribution in [0.3, 0.4) is 0 Å². The number of anilines is 1. The van der Waals surface area contributed by atoms with Crippen molar-refractivity contribution < 1.29 is 4.79 Å². The molecule has 0 bridgehead atoms. The van der Waals surface area contributed by atoms with Crippen LogP contribution in [0.4, 0.5) is 5.69 Å². The van der Waals surface area contributed by atoms with Gasteiger partial charge in [0.05, 0.1) is 0 Å². The zero-order chi connectivity index (χ0) is 13.1. The van der Waals surface area contributed by atoms with E-state index < -0.39 is 0 Å². The molecule has 2 heteroatoms. The first-order valence-electron chi connectivity index (χ1n) is 6.19. The van der Waals surface area contributed by atoms with Crippen LogP contribution in [-0.2, 0) is 0 Å². The van der Waals surface area contributed by atoms with Crippen LogP contribution in [0.1, 0.15) is 10.4 Å². The van der Waals surface area contributed by atoms with Crippen LogP contribution in [0.5, 0.6) is 0 Å². The summed E-state index contributed by atoms with van der Waals surface area (Å²) >= 11 is 0. The number of carbonyl (C=O) groups is 1. The van der Waals surface area contributed by atoms with Gasteiger partial charge in [0.1, 0.15) is 0 Å². The van der Waals surface area contributed by atoms with Crippen LogP contribution >= 0.6 is 0 Å². The summed E-state index contributed by atoms with van der Waals surface area (Å²) < 4.78 is 0. The predicted octanol–water partition coefficient (Wildman–Crippen LogP) is 4.09. The van der Waals surface area contributed by atoms with Gasteiger partial charge in [-0.1, -0.05) is 54.6 Å². The van der Waals surface area contributed by atoms with Gasteiger partial charge >= 0.3 is 0 Å². The van der Waals surface area contributed by atoms with Crippen LogP contribution in [0.2, 0.25) is 0 Å². The highest BCUT2D eigenvalue weighted by Gasteiger charge is 2.07. The zero-order valence-electron chi connectivity index (χ0n) is 10.3. The van der Waals surface area contributed by atoms with Gasteiger partial charge in [-0.2, -0.15) is 0 Å². The SMILES string of the molecule is O=C(Nc1cccc2ccccc12)c1ccccc1. The molecule has 0 saturated carbocycles. The second kappa shape index (κ2) is 4.94. The highest BCUT2D eigenvalue weighted by Crippen LogP contribution is 2.23. The zero-order valence-corrected chi connectivity index (χ0v) is 10.3. The van der Waals surface area contributed by atoms with Crippen LogP contribution in [-0.4, -0.2) is 5.91 Å². The van der Waals surface area contributed by atoms with Gasteiger partial charge in [-0.25, -0.2) is 0 Å². The third kappa shape index (κ3) is 2.33. The molecule has 0 radical (unpaired) electrons. The quantitative estimate of drug-likeness (QED) is 0.726. The minimum atomic E-state index is -0.0862. The largest absolute Gasteiger partial charge is 0.321 e. The van der Waals surface area contributed by atoms with Crippen LogP contribution in [0, 0.1) is 0 Å². The summed E-state index contributed by atoms with van der Waals surface area (Å²) in [5.74, 6) is -0.0862. The Hall–Kier alpha value is -2.61. The Labute approximate surface area is 111 Å². The van der Waals surface area contributed by atoms with E-state index in [1.165, 1.54) is 0 Å². The van der Waals surface area contributed by atoms with E-state index in [1.54, 1.807) is 12.1 Å². The fourth-order valence-electron chi connectivity index (χ4n) is 2.12. The molecule has 0 atom stereocenters. The number of fused-ring (bicyclic) bond motifs is 1. The fraction of sp³-hybridized carbons (Fsp3) is 0. The molecule has 1 amide bonds. The molecule has 0 aliphatic heterocycles. The molecule has 0 unspecified atom stereocenters. The predicted molar refractivity (Wildman–Crippen MR) is 78.3 cm³/mol. The molecule has 0 aromatic heterocycles. The number of hydrogen-bond donors (Lipinski definition) is 1. The first-order chi connectivity index (χ1) is 9.34. The molecule has 0 fully saturated rings. The summed E-state index contributed by atoms with van der Waals surface area (Å²) in [5, 5.41) is 5.13. The second-order valence-electron chi connectivity index (χ2n) is 4.35. The van der Waals surface area contributed by atoms with E-state index in [0.717, 1.165) is 16.5 Å². The lowest BCUT2D eigenvalue weighted by molar-refractivity contribution is 0.102. The molecule has 0 aliphatic carbocycles. The van der Waals surface area contributed by atoms with E-state index in [1.807, 2.05) is 60.7 Å². The van der Waals surface area contributed by atoms with Gasteiger partial charge in [-0.05, 0) is 23.6 Å². The van der Waals surface area contributed by atoms with Crippen molar-refractivity contribution in [1.29, 1.82) is 0 Å². The van der Waals surface area contributed by atoms with Crippen molar-refractivity contribution in [3.05, 3.63) is 78.4 Å². The van der Waals surface area contributed by atoms with Crippen molar-refractivity contribution in [3.8, 4) is 0 Å². The summed E-state index contributed by atoms with van der Waals surface area (Å²) in [6, 6.07) is 23.1. The third-order valence-electron chi connectivity index (χ3n) is 3.07. The fourth-order valence-corrected chi connectivity index (χ4v) is 2.12. The molecule has 3 aromatic carbocycles. The minimum absolute atomic E-state index is 0.0862. The molecular weight excluding hydrogens is 234 g/mol.